The maximum absolute atomic E-state index is 11.2. The molecule has 0 aliphatic carbocycles. The fourth-order valence-corrected chi connectivity index (χ4v) is 2.88. The number of nitrogens with zero attached hydrogens (tertiary/aromatic N) is 1. The molecular weight excluding hydrogens is 301 g/mol. The van der Waals surface area contributed by atoms with Crippen LogP contribution in [0.4, 0.5) is 0 Å². The largest absolute Gasteiger partial charge is 0.491 e. The summed E-state index contributed by atoms with van der Waals surface area (Å²) in [6.07, 6.45) is 3.36. The van der Waals surface area contributed by atoms with Gasteiger partial charge in [-0.15, -0.1) is 0 Å². The maximum atomic E-state index is 11.2. The van der Waals surface area contributed by atoms with Crippen molar-refractivity contribution in [3.05, 3.63) is 27.7 Å². The molecule has 0 saturated carbocycles. The van der Waals surface area contributed by atoms with Crippen molar-refractivity contribution in [2.75, 3.05) is 26.2 Å². The Balaban J connectivity index is 1.92. The zero-order valence-electron chi connectivity index (χ0n) is 11.1. The number of hydrogen-bond donors (Lipinski definition) is 1. The van der Waals surface area contributed by atoms with Crippen molar-refractivity contribution in [3.8, 4) is 5.75 Å². The first kappa shape index (κ1) is 15.4. The molecule has 4 nitrogen and oxygen atoms in total. The summed E-state index contributed by atoms with van der Waals surface area (Å²) in [5.41, 5.74) is 0.00340. The summed E-state index contributed by atoms with van der Waals surface area (Å²) in [6.45, 7) is 3.69. The van der Waals surface area contributed by atoms with Gasteiger partial charge in [-0.2, -0.15) is 0 Å². The highest BCUT2D eigenvalue weighted by Crippen LogP contribution is 2.32. The van der Waals surface area contributed by atoms with Crippen LogP contribution in [0.15, 0.2) is 12.1 Å². The molecule has 20 heavy (non-hydrogen) atoms. The van der Waals surface area contributed by atoms with E-state index >= 15 is 0 Å². The molecule has 1 aromatic rings. The van der Waals surface area contributed by atoms with E-state index in [0.717, 1.165) is 26.1 Å². The topological polar surface area (TPSA) is 49.8 Å². The van der Waals surface area contributed by atoms with Crippen LogP contribution >= 0.6 is 23.2 Å². The Morgan fingerprint density at radius 3 is 2.65 bits per heavy atom. The van der Waals surface area contributed by atoms with E-state index in [0.29, 0.717) is 6.61 Å². The van der Waals surface area contributed by atoms with Crippen LogP contribution in [-0.4, -0.2) is 42.2 Å². The summed E-state index contributed by atoms with van der Waals surface area (Å²) >= 11 is 11.8. The van der Waals surface area contributed by atoms with Gasteiger partial charge < -0.3 is 14.7 Å². The first-order valence-corrected chi connectivity index (χ1v) is 7.41. The van der Waals surface area contributed by atoms with Crippen LogP contribution in [0.5, 0.6) is 5.75 Å². The van der Waals surface area contributed by atoms with E-state index in [1.807, 2.05) is 0 Å². The third-order valence-corrected chi connectivity index (χ3v) is 3.80. The quantitative estimate of drug-likeness (QED) is 0.815. The summed E-state index contributed by atoms with van der Waals surface area (Å²) in [5.74, 6) is -0.895. The molecule has 1 fully saturated rings. The molecule has 1 heterocycles. The number of likely N-dealkylation sites (tertiary alicyclic amines) is 1. The number of rotatable bonds is 6. The SMILES string of the molecule is O=C(O)c1cc(Cl)cc(Cl)c1OCCCN1CCCC1. The van der Waals surface area contributed by atoms with Gasteiger partial charge in [0, 0.05) is 11.6 Å². The molecule has 0 aromatic heterocycles. The summed E-state index contributed by atoms with van der Waals surface area (Å²) in [6, 6.07) is 2.84. The van der Waals surface area contributed by atoms with Gasteiger partial charge in [-0.3, -0.25) is 0 Å². The van der Waals surface area contributed by atoms with Crippen LogP contribution in [0.25, 0.3) is 0 Å². The molecule has 1 saturated heterocycles. The molecule has 2 rings (SSSR count). The van der Waals surface area contributed by atoms with Crippen LogP contribution in [0.2, 0.25) is 10.0 Å². The fourth-order valence-electron chi connectivity index (χ4n) is 2.33. The minimum absolute atomic E-state index is 0.00340. The number of benzene rings is 1. The number of carboxylic acids is 1. The summed E-state index contributed by atoms with van der Waals surface area (Å²) in [4.78, 5) is 13.5. The molecule has 110 valence electrons. The molecule has 0 atom stereocenters. The van der Waals surface area contributed by atoms with Gasteiger partial charge in [0.2, 0.25) is 0 Å². The molecule has 0 bridgehead atoms. The van der Waals surface area contributed by atoms with Gasteiger partial charge in [0.15, 0.2) is 5.75 Å². The molecule has 1 N–H and O–H groups in total. The van der Waals surface area contributed by atoms with Crippen LogP contribution in [-0.2, 0) is 0 Å². The van der Waals surface area contributed by atoms with Crippen molar-refractivity contribution >= 4 is 29.2 Å². The Morgan fingerprint density at radius 1 is 1.30 bits per heavy atom. The fraction of sp³-hybridized carbons (Fsp3) is 0.500. The number of halogens is 2. The number of hydrogen-bond acceptors (Lipinski definition) is 3. The van der Waals surface area contributed by atoms with Crippen molar-refractivity contribution in [2.24, 2.45) is 0 Å². The normalized spacial score (nSPS) is 15.5. The molecule has 0 amide bonds. The maximum Gasteiger partial charge on any atom is 0.339 e. The number of carbonyl (C=O) groups is 1. The van der Waals surface area contributed by atoms with Gasteiger partial charge >= 0.3 is 5.97 Å². The first-order valence-electron chi connectivity index (χ1n) is 6.65. The van der Waals surface area contributed by atoms with Crippen molar-refractivity contribution in [1.29, 1.82) is 0 Å². The zero-order chi connectivity index (χ0) is 14.5. The summed E-state index contributed by atoms with van der Waals surface area (Å²) in [5, 5.41) is 9.66. The summed E-state index contributed by atoms with van der Waals surface area (Å²) in [7, 11) is 0. The van der Waals surface area contributed by atoms with E-state index < -0.39 is 5.97 Å². The minimum Gasteiger partial charge on any atom is -0.491 e. The number of aromatic carboxylic acids is 1. The lowest BCUT2D eigenvalue weighted by molar-refractivity contribution is 0.0692. The predicted octanol–water partition coefficient (Wildman–Crippen LogP) is 3.56. The van der Waals surface area contributed by atoms with Crippen molar-refractivity contribution in [3.63, 3.8) is 0 Å². The van der Waals surface area contributed by atoms with Crippen molar-refractivity contribution in [1.82, 2.24) is 4.90 Å². The van der Waals surface area contributed by atoms with Crippen molar-refractivity contribution in [2.45, 2.75) is 19.3 Å². The first-order chi connectivity index (χ1) is 9.58. The third kappa shape index (κ3) is 4.01. The molecule has 0 spiro atoms. The molecule has 0 radical (unpaired) electrons. The zero-order valence-corrected chi connectivity index (χ0v) is 12.6. The van der Waals surface area contributed by atoms with E-state index in [-0.39, 0.29) is 21.4 Å². The Kier molecular flexibility index (Phi) is 5.52. The predicted molar refractivity (Wildman–Crippen MR) is 79.2 cm³/mol. The van der Waals surface area contributed by atoms with Gasteiger partial charge in [0.25, 0.3) is 0 Å². The second-order valence-corrected chi connectivity index (χ2v) is 5.66. The highest BCUT2D eigenvalue weighted by molar-refractivity contribution is 6.36. The summed E-state index contributed by atoms with van der Waals surface area (Å²) < 4.78 is 5.55. The second kappa shape index (κ2) is 7.16. The lowest BCUT2D eigenvalue weighted by Gasteiger charge is -2.15. The van der Waals surface area contributed by atoms with E-state index in [9.17, 15) is 4.79 Å². The second-order valence-electron chi connectivity index (χ2n) is 4.82. The lowest BCUT2D eigenvalue weighted by atomic mass is 10.2. The molecular formula is C14H17Cl2NO3. The molecule has 1 aliphatic rings. The van der Waals surface area contributed by atoms with E-state index in [4.69, 9.17) is 33.0 Å². The van der Waals surface area contributed by atoms with Crippen LogP contribution in [0, 0.1) is 0 Å². The monoisotopic (exact) mass is 317 g/mol. The highest BCUT2D eigenvalue weighted by Gasteiger charge is 2.17. The number of carboxylic acid groups (broad SMARTS) is 1. The standard InChI is InChI=1S/C14H17Cl2NO3/c15-10-8-11(14(18)19)13(12(16)9-10)20-7-3-6-17-4-1-2-5-17/h8-9H,1-7H2,(H,18,19). The highest BCUT2D eigenvalue weighted by atomic mass is 35.5. The van der Waals surface area contributed by atoms with E-state index in [2.05, 4.69) is 4.90 Å². The Hall–Kier alpha value is -0.970. The Morgan fingerprint density at radius 2 is 2.00 bits per heavy atom. The van der Waals surface area contributed by atoms with Gasteiger partial charge in [-0.1, -0.05) is 23.2 Å². The third-order valence-electron chi connectivity index (χ3n) is 3.30. The van der Waals surface area contributed by atoms with Crippen LogP contribution in [0.3, 0.4) is 0 Å². The Bertz CT molecular complexity index is 488. The van der Waals surface area contributed by atoms with E-state index in [1.54, 1.807) is 0 Å². The molecule has 6 heteroatoms. The Labute approximate surface area is 128 Å². The molecule has 1 aromatic carbocycles. The van der Waals surface area contributed by atoms with Gasteiger partial charge in [-0.25, -0.2) is 4.79 Å². The average Bonchev–Trinajstić information content (AvgIpc) is 2.88. The molecule has 1 aliphatic heterocycles. The molecule has 0 unspecified atom stereocenters. The van der Waals surface area contributed by atoms with Crippen molar-refractivity contribution < 1.29 is 14.6 Å². The minimum atomic E-state index is -1.09. The average molecular weight is 318 g/mol. The van der Waals surface area contributed by atoms with Crippen LogP contribution < -0.4 is 4.74 Å². The van der Waals surface area contributed by atoms with Gasteiger partial charge in [0.05, 0.1) is 11.6 Å². The lowest BCUT2D eigenvalue weighted by Crippen LogP contribution is -2.22. The van der Waals surface area contributed by atoms with Gasteiger partial charge in [-0.05, 0) is 44.5 Å². The van der Waals surface area contributed by atoms with E-state index in [1.165, 1.54) is 25.0 Å². The number of ether oxygens (including phenoxy) is 1. The van der Waals surface area contributed by atoms with Crippen LogP contribution in [0.1, 0.15) is 29.6 Å². The smallest absolute Gasteiger partial charge is 0.339 e. The van der Waals surface area contributed by atoms with Gasteiger partial charge in [0.1, 0.15) is 5.56 Å².